The number of nitrogens with zero attached hydrogens (tertiary/aromatic N) is 2. The maximum Gasteiger partial charge on any atom is 0.219 e. The number of rotatable bonds is 2. The van der Waals surface area contributed by atoms with Crippen molar-refractivity contribution >= 4 is 5.91 Å². The number of amides is 1. The molecule has 2 fully saturated rings. The lowest BCUT2D eigenvalue weighted by Crippen LogP contribution is -2.53. The summed E-state index contributed by atoms with van der Waals surface area (Å²) < 4.78 is 0. The zero-order valence-corrected chi connectivity index (χ0v) is 12.0. The number of piperidine rings is 2. The Balaban J connectivity index is 1.61. The van der Waals surface area contributed by atoms with Crippen LogP contribution in [0, 0.1) is 11.8 Å². The molecule has 2 aliphatic heterocycles. The SMILES string of the molecule is CC(=O)N1CC2CC(CN(Cc3ccc(O)cc3)C2)C1. The third-order valence-corrected chi connectivity index (χ3v) is 4.44. The quantitative estimate of drug-likeness (QED) is 0.892. The fourth-order valence-electron chi connectivity index (χ4n) is 3.63. The van der Waals surface area contributed by atoms with E-state index in [9.17, 15) is 9.90 Å². The van der Waals surface area contributed by atoms with Gasteiger partial charge >= 0.3 is 0 Å². The zero-order chi connectivity index (χ0) is 14.1. The van der Waals surface area contributed by atoms with Gasteiger partial charge in [-0.25, -0.2) is 0 Å². The van der Waals surface area contributed by atoms with Crippen LogP contribution in [0.15, 0.2) is 24.3 Å². The van der Waals surface area contributed by atoms with Crippen LogP contribution in [0.1, 0.15) is 18.9 Å². The van der Waals surface area contributed by atoms with Gasteiger partial charge in [0.15, 0.2) is 0 Å². The van der Waals surface area contributed by atoms with Gasteiger partial charge < -0.3 is 10.0 Å². The number of aromatic hydroxyl groups is 1. The van der Waals surface area contributed by atoms with Crippen LogP contribution in [0.5, 0.6) is 5.75 Å². The van der Waals surface area contributed by atoms with Gasteiger partial charge in [-0.2, -0.15) is 0 Å². The number of carbonyl (C=O) groups excluding carboxylic acids is 1. The highest BCUT2D eigenvalue weighted by Gasteiger charge is 2.34. The van der Waals surface area contributed by atoms with E-state index in [2.05, 4.69) is 4.90 Å². The summed E-state index contributed by atoms with van der Waals surface area (Å²) >= 11 is 0. The fourth-order valence-corrected chi connectivity index (χ4v) is 3.63. The molecule has 0 saturated carbocycles. The molecule has 4 heteroatoms. The Morgan fingerprint density at radius 3 is 2.30 bits per heavy atom. The van der Waals surface area contributed by atoms with Crippen LogP contribution in [-0.2, 0) is 11.3 Å². The van der Waals surface area contributed by atoms with Gasteiger partial charge in [0.2, 0.25) is 5.91 Å². The van der Waals surface area contributed by atoms with E-state index in [-0.39, 0.29) is 5.91 Å². The first kappa shape index (κ1) is 13.4. The topological polar surface area (TPSA) is 43.8 Å². The Morgan fingerprint density at radius 1 is 1.15 bits per heavy atom. The number of phenols is 1. The molecule has 0 aromatic heterocycles. The number of likely N-dealkylation sites (tertiary alicyclic amines) is 2. The summed E-state index contributed by atoms with van der Waals surface area (Å²) in [5.41, 5.74) is 1.24. The molecule has 2 atom stereocenters. The molecular formula is C16H22N2O2. The number of fused-ring (bicyclic) bond motifs is 2. The van der Waals surface area contributed by atoms with Crippen molar-refractivity contribution in [2.24, 2.45) is 11.8 Å². The van der Waals surface area contributed by atoms with Gasteiger partial charge in [0.1, 0.15) is 5.75 Å². The van der Waals surface area contributed by atoms with Crippen molar-refractivity contribution in [1.82, 2.24) is 9.80 Å². The van der Waals surface area contributed by atoms with Gasteiger partial charge in [-0.1, -0.05) is 12.1 Å². The summed E-state index contributed by atoms with van der Waals surface area (Å²) in [5, 5.41) is 9.32. The zero-order valence-electron chi connectivity index (χ0n) is 12.0. The Hall–Kier alpha value is -1.55. The van der Waals surface area contributed by atoms with Gasteiger partial charge in [-0.05, 0) is 36.0 Å². The van der Waals surface area contributed by atoms with Crippen molar-refractivity contribution in [3.63, 3.8) is 0 Å². The van der Waals surface area contributed by atoms with Crippen molar-refractivity contribution in [2.45, 2.75) is 19.9 Å². The monoisotopic (exact) mass is 274 g/mol. The van der Waals surface area contributed by atoms with E-state index in [1.807, 2.05) is 17.0 Å². The van der Waals surface area contributed by atoms with E-state index < -0.39 is 0 Å². The van der Waals surface area contributed by atoms with E-state index in [4.69, 9.17) is 0 Å². The third-order valence-electron chi connectivity index (χ3n) is 4.44. The molecule has 2 heterocycles. The minimum atomic E-state index is 0.215. The number of benzene rings is 1. The van der Waals surface area contributed by atoms with E-state index in [1.165, 1.54) is 12.0 Å². The summed E-state index contributed by atoms with van der Waals surface area (Å²) in [4.78, 5) is 16.0. The van der Waals surface area contributed by atoms with E-state index >= 15 is 0 Å². The number of phenolic OH excluding ortho intramolecular Hbond substituents is 1. The highest BCUT2D eigenvalue weighted by Crippen LogP contribution is 2.29. The summed E-state index contributed by atoms with van der Waals surface area (Å²) in [7, 11) is 0. The van der Waals surface area contributed by atoms with Gasteiger partial charge in [0.05, 0.1) is 0 Å². The minimum Gasteiger partial charge on any atom is -0.508 e. The molecule has 20 heavy (non-hydrogen) atoms. The summed E-state index contributed by atoms with van der Waals surface area (Å²) in [6, 6.07) is 7.47. The van der Waals surface area contributed by atoms with Crippen LogP contribution < -0.4 is 0 Å². The molecule has 1 aromatic rings. The molecule has 1 amide bonds. The van der Waals surface area contributed by atoms with Crippen molar-refractivity contribution in [1.29, 1.82) is 0 Å². The molecule has 2 saturated heterocycles. The smallest absolute Gasteiger partial charge is 0.219 e. The summed E-state index contributed by atoms with van der Waals surface area (Å²) in [5.74, 6) is 1.76. The molecule has 0 aliphatic carbocycles. The molecule has 2 bridgehead atoms. The number of carbonyl (C=O) groups is 1. The maximum absolute atomic E-state index is 11.5. The lowest BCUT2D eigenvalue weighted by molar-refractivity contribution is -0.133. The predicted octanol–water partition coefficient (Wildman–Crippen LogP) is 1.69. The molecule has 108 valence electrons. The first-order valence-corrected chi connectivity index (χ1v) is 7.36. The van der Waals surface area contributed by atoms with Gasteiger partial charge in [-0.15, -0.1) is 0 Å². The van der Waals surface area contributed by atoms with E-state index in [0.717, 1.165) is 32.7 Å². The lowest BCUT2D eigenvalue weighted by atomic mass is 9.84. The average molecular weight is 274 g/mol. The van der Waals surface area contributed by atoms with Crippen molar-refractivity contribution in [3.8, 4) is 5.75 Å². The Morgan fingerprint density at radius 2 is 1.75 bits per heavy atom. The first-order chi connectivity index (χ1) is 9.60. The van der Waals surface area contributed by atoms with Crippen molar-refractivity contribution < 1.29 is 9.90 Å². The molecule has 1 N–H and O–H groups in total. The van der Waals surface area contributed by atoms with Gasteiger partial charge in [-0.3, -0.25) is 9.69 Å². The van der Waals surface area contributed by atoms with Gasteiger partial charge in [0, 0.05) is 39.6 Å². The van der Waals surface area contributed by atoms with E-state index in [1.54, 1.807) is 19.1 Å². The lowest BCUT2D eigenvalue weighted by Gasteiger charge is -2.45. The molecule has 2 unspecified atom stereocenters. The molecule has 4 nitrogen and oxygen atoms in total. The van der Waals surface area contributed by atoms with Gasteiger partial charge in [0.25, 0.3) is 0 Å². The van der Waals surface area contributed by atoms with Crippen LogP contribution in [0.4, 0.5) is 0 Å². The normalized spacial score (nSPS) is 26.6. The highest BCUT2D eigenvalue weighted by atomic mass is 16.3. The van der Waals surface area contributed by atoms with Crippen LogP contribution >= 0.6 is 0 Å². The Bertz CT molecular complexity index is 472. The third kappa shape index (κ3) is 2.96. The second-order valence-corrected chi connectivity index (χ2v) is 6.25. The molecular weight excluding hydrogens is 252 g/mol. The maximum atomic E-state index is 11.5. The van der Waals surface area contributed by atoms with Crippen LogP contribution in [-0.4, -0.2) is 47.0 Å². The van der Waals surface area contributed by atoms with Crippen molar-refractivity contribution in [2.75, 3.05) is 26.2 Å². The Kier molecular flexibility index (Phi) is 3.66. The highest BCUT2D eigenvalue weighted by molar-refractivity contribution is 5.73. The largest absolute Gasteiger partial charge is 0.508 e. The summed E-state index contributed by atoms with van der Waals surface area (Å²) in [6.07, 6.45) is 1.26. The molecule has 3 rings (SSSR count). The van der Waals surface area contributed by atoms with Crippen LogP contribution in [0.2, 0.25) is 0 Å². The molecule has 2 aliphatic rings. The van der Waals surface area contributed by atoms with Crippen LogP contribution in [0.3, 0.4) is 0 Å². The number of hydrogen-bond donors (Lipinski definition) is 1. The van der Waals surface area contributed by atoms with Crippen molar-refractivity contribution in [3.05, 3.63) is 29.8 Å². The van der Waals surface area contributed by atoms with E-state index in [0.29, 0.717) is 17.6 Å². The molecule has 1 aromatic carbocycles. The fraction of sp³-hybridized carbons (Fsp3) is 0.562. The first-order valence-electron chi connectivity index (χ1n) is 7.36. The molecule has 0 spiro atoms. The average Bonchev–Trinajstić information content (AvgIpc) is 2.40. The summed E-state index contributed by atoms with van der Waals surface area (Å²) in [6.45, 7) is 6.58. The molecule has 0 radical (unpaired) electrons. The predicted molar refractivity (Wildman–Crippen MR) is 77.2 cm³/mol. The number of hydrogen-bond acceptors (Lipinski definition) is 3. The second kappa shape index (κ2) is 5.44. The Labute approximate surface area is 120 Å². The minimum absolute atomic E-state index is 0.215. The second-order valence-electron chi connectivity index (χ2n) is 6.25. The van der Waals surface area contributed by atoms with Crippen LogP contribution in [0.25, 0.3) is 0 Å². The standard InChI is InChI=1S/C16H22N2O2/c1-12(19)18-10-14-6-15(11-18)9-17(8-14)7-13-2-4-16(20)5-3-13/h2-5,14-15,20H,6-11H2,1H3.